The predicted molar refractivity (Wildman–Crippen MR) is 75.7 cm³/mol. The highest BCUT2D eigenvalue weighted by molar-refractivity contribution is 5.96. The maximum Gasteiger partial charge on any atom is 0.289 e. The smallest absolute Gasteiger partial charge is 0.289 e. The number of halogens is 1. The Morgan fingerprint density at radius 3 is 2.50 bits per heavy atom. The SMILES string of the molecule is O=C(CO)N1CCN(C(=O)c2cc3cc(F)ccc3o2)CC1. The van der Waals surface area contributed by atoms with Crippen LogP contribution in [0.1, 0.15) is 10.6 Å². The molecule has 0 saturated carbocycles. The zero-order chi connectivity index (χ0) is 15.7. The summed E-state index contributed by atoms with van der Waals surface area (Å²) >= 11 is 0. The van der Waals surface area contributed by atoms with E-state index in [1.807, 2.05) is 0 Å². The van der Waals surface area contributed by atoms with Crippen LogP contribution in [-0.4, -0.2) is 59.5 Å². The fourth-order valence-electron chi connectivity index (χ4n) is 2.53. The Bertz CT molecular complexity index is 719. The Labute approximate surface area is 125 Å². The maximum absolute atomic E-state index is 13.2. The van der Waals surface area contributed by atoms with E-state index in [4.69, 9.17) is 9.52 Å². The van der Waals surface area contributed by atoms with Crippen LogP contribution in [0.5, 0.6) is 0 Å². The second-order valence-corrected chi connectivity index (χ2v) is 5.12. The molecule has 116 valence electrons. The van der Waals surface area contributed by atoms with Crippen LogP contribution in [0.3, 0.4) is 0 Å². The monoisotopic (exact) mass is 306 g/mol. The highest BCUT2D eigenvalue weighted by Crippen LogP contribution is 2.21. The maximum atomic E-state index is 13.2. The minimum atomic E-state index is -0.525. The molecule has 7 heteroatoms. The van der Waals surface area contributed by atoms with E-state index in [1.54, 1.807) is 4.90 Å². The number of rotatable bonds is 2. The molecule has 1 aliphatic heterocycles. The molecule has 1 aromatic carbocycles. The molecule has 2 aromatic rings. The molecule has 0 aliphatic carbocycles. The summed E-state index contributed by atoms with van der Waals surface area (Å²) in [5.74, 6) is -0.856. The minimum absolute atomic E-state index is 0.155. The summed E-state index contributed by atoms with van der Waals surface area (Å²) in [5, 5.41) is 9.37. The van der Waals surface area contributed by atoms with Crippen LogP contribution < -0.4 is 0 Å². The van der Waals surface area contributed by atoms with Crippen LogP contribution in [0.25, 0.3) is 11.0 Å². The molecule has 6 nitrogen and oxygen atoms in total. The van der Waals surface area contributed by atoms with Crippen molar-refractivity contribution in [1.29, 1.82) is 0 Å². The second kappa shape index (κ2) is 5.76. The Morgan fingerprint density at radius 2 is 1.82 bits per heavy atom. The first-order valence-corrected chi connectivity index (χ1v) is 6.95. The predicted octanol–water partition coefficient (Wildman–Crippen LogP) is 0.849. The van der Waals surface area contributed by atoms with Gasteiger partial charge in [-0.25, -0.2) is 4.39 Å². The normalized spacial score (nSPS) is 15.4. The van der Waals surface area contributed by atoms with Gasteiger partial charge in [0.1, 0.15) is 18.0 Å². The molecule has 0 spiro atoms. The Hall–Kier alpha value is -2.41. The van der Waals surface area contributed by atoms with Crippen molar-refractivity contribution in [3.63, 3.8) is 0 Å². The van der Waals surface area contributed by atoms with Gasteiger partial charge in [0.15, 0.2) is 5.76 Å². The highest BCUT2D eigenvalue weighted by atomic mass is 19.1. The molecule has 3 rings (SSSR count). The fourth-order valence-corrected chi connectivity index (χ4v) is 2.53. The van der Waals surface area contributed by atoms with Crippen molar-refractivity contribution in [2.24, 2.45) is 0 Å². The van der Waals surface area contributed by atoms with E-state index in [0.717, 1.165) is 0 Å². The quantitative estimate of drug-likeness (QED) is 0.892. The van der Waals surface area contributed by atoms with E-state index in [0.29, 0.717) is 37.1 Å². The fraction of sp³-hybridized carbons (Fsp3) is 0.333. The third kappa shape index (κ3) is 2.67. The summed E-state index contributed by atoms with van der Waals surface area (Å²) in [6.45, 7) is 0.967. The highest BCUT2D eigenvalue weighted by Gasteiger charge is 2.26. The number of fused-ring (bicyclic) bond motifs is 1. The standard InChI is InChI=1S/C15H15FN2O4/c16-11-1-2-12-10(7-11)8-13(22-12)15(21)18-5-3-17(4-6-18)14(20)9-19/h1-2,7-8,19H,3-6,9H2. The van der Waals surface area contributed by atoms with E-state index in [-0.39, 0.29) is 23.4 Å². The van der Waals surface area contributed by atoms with Gasteiger partial charge >= 0.3 is 0 Å². The molecular weight excluding hydrogens is 291 g/mol. The van der Waals surface area contributed by atoms with Gasteiger partial charge in [-0.15, -0.1) is 0 Å². The first kappa shape index (κ1) is 14.5. The van der Waals surface area contributed by atoms with Gasteiger partial charge in [0.25, 0.3) is 5.91 Å². The molecule has 22 heavy (non-hydrogen) atoms. The average molecular weight is 306 g/mol. The van der Waals surface area contributed by atoms with Gasteiger partial charge in [-0.3, -0.25) is 9.59 Å². The molecule has 1 fully saturated rings. The van der Waals surface area contributed by atoms with Crippen LogP contribution in [0, 0.1) is 5.82 Å². The molecule has 1 aliphatic rings. The van der Waals surface area contributed by atoms with E-state index < -0.39 is 6.61 Å². The van der Waals surface area contributed by atoms with Gasteiger partial charge in [-0.05, 0) is 24.3 Å². The van der Waals surface area contributed by atoms with Crippen LogP contribution in [-0.2, 0) is 4.79 Å². The van der Waals surface area contributed by atoms with Crippen LogP contribution >= 0.6 is 0 Å². The summed E-state index contributed by atoms with van der Waals surface area (Å²) in [7, 11) is 0. The molecule has 2 heterocycles. The lowest BCUT2D eigenvalue weighted by Gasteiger charge is -2.33. The van der Waals surface area contributed by atoms with Crippen LogP contribution in [0.4, 0.5) is 4.39 Å². The van der Waals surface area contributed by atoms with Gasteiger partial charge in [0.2, 0.25) is 5.91 Å². The van der Waals surface area contributed by atoms with Crippen molar-refractivity contribution in [1.82, 2.24) is 9.80 Å². The molecule has 0 bridgehead atoms. The average Bonchev–Trinajstić information content (AvgIpc) is 2.96. The lowest BCUT2D eigenvalue weighted by atomic mass is 10.2. The molecule has 1 N–H and O–H groups in total. The number of nitrogens with zero attached hydrogens (tertiary/aromatic N) is 2. The van der Waals surface area contributed by atoms with Gasteiger partial charge in [0, 0.05) is 31.6 Å². The summed E-state index contributed by atoms with van der Waals surface area (Å²) in [4.78, 5) is 26.9. The summed E-state index contributed by atoms with van der Waals surface area (Å²) in [6, 6.07) is 5.60. The molecule has 2 amide bonds. The number of carbonyl (C=O) groups excluding carboxylic acids is 2. The van der Waals surface area contributed by atoms with Crippen molar-refractivity contribution >= 4 is 22.8 Å². The van der Waals surface area contributed by atoms with E-state index in [9.17, 15) is 14.0 Å². The molecule has 1 saturated heterocycles. The number of benzene rings is 1. The molecule has 0 radical (unpaired) electrons. The number of hydrogen-bond acceptors (Lipinski definition) is 4. The van der Waals surface area contributed by atoms with Crippen LogP contribution in [0.2, 0.25) is 0 Å². The molecule has 1 aromatic heterocycles. The topological polar surface area (TPSA) is 74.0 Å². The first-order chi connectivity index (χ1) is 10.6. The molecular formula is C15H15FN2O4. The first-order valence-electron chi connectivity index (χ1n) is 6.95. The largest absolute Gasteiger partial charge is 0.451 e. The lowest BCUT2D eigenvalue weighted by molar-refractivity contribution is -0.135. The van der Waals surface area contributed by atoms with Gasteiger partial charge < -0.3 is 19.3 Å². The van der Waals surface area contributed by atoms with Gasteiger partial charge in [0.05, 0.1) is 0 Å². The number of aliphatic hydroxyl groups is 1. The third-order valence-corrected chi connectivity index (χ3v) is 3.74. The number of hydrogen-bond donors (Lipinski definition) is 1. The molecule has 0 atom stereocenters. The Kier molecular flexibility index (Phi) is 3.81. The Morgan fingerprint density at radius 1 is 1.14 bits per heavy atom. The van der Waals surface area contributed by atoms with Crippen molar-refractivity contribution in [2.45, 2.75) is 0 Å². The zero-order valence-electron chi connectivity index (χ0n) is 11.8. The number of aliphatic hydroxyl groups excluding tert-OH is 1. The minimum Gasteiger partial charge on any atom is -0.451 e. The number of carbonyl (C=O) groups is 2. The second-order valence-electron chi connectivity index (χ2n) is 5.12. The van der Waals surface area contributed by atoms with Gasteiger partial charge in [-0.1, -0.05) is 0 Å². The zero-order valence-corrected chi connectivity index (χ0v) is 11.8. The lowest BCUT2D eigenvalue weighted by Crippen LogP contribution is -2.51. The van der Waals surface area contributed by atoms with E-state index in [1.165, 1.54) is 29.2 Å². The van der Waals surface area contributed by atoms with Crippen LogP contribution in [0.15, 0.2) is 28.7 Å². The number of furan rings is 1. The summed E-state index contributed by atoms with van der Waals surface area (Å²) in [6.07, 6.45) is 0. The number of piperazine rings is 1. The molecule has 0 unspecified atom stereocenters. The van der Waals surface area contributed by atoms with Crippen molar-refractivity contribution in [3.8, 4) is 0 Å². The van der Waals surface area contributed by atoms with E-state index in [2.05, 4.69) is 0 Å². The van der Waals surface area contributed by atoms with E-state index >= 15 is 0 Å². The van der Waals surface area contributed by atoms with Crippen molar-refractivity contribution in [2.75, 3.05) is 32.8 Å². The summed E-state index contributed by atoms with van der Waals surface area (Å²) in [5.41, 5.74) is 0.457. The summed E-state index contributed by atoms with van der Waals surface area (Å²) < 4.78 is 18.6. The van der Waals surface area contributed by atoms with Crippen molar-refractivity contribution < 1.29 is 23.5 Å². The third-order valence-electron chi connectivity index (χ3n) is 3.74. The Balaban J connectivity index is 1.72. The van der Waals surface area contributed by atoms with Gasteiger partial charge in [-0.2, -0.15) is 0 Å². The van der Waals surface area contributed by atoms with Crippen molar-refractivity contribution in [3.05, 3.63) is 35.8 Å². The number of amides is 2.